The standard InChI is InChI=1S/C17H15ClF3NO2S/c1-10-6-7-15(12(8-10)17(19,20)21)24-9-11-13(18)4-3-5-14(11)22-16(25)23-2/h3-8H,9H2,1-2H3,(H,22,25). The molecule has 0 atom stereocenters. The molecule has 0 spiro atoms. The number of aryl methyl sites for hydroxylation is 1. The molecule has 0 amide bonds. The van der Waals surface area contributed by atoms with Gasteiger partial charge in [0.15, 0.2) is 0 Å². The first-order chi connectivity index (χ1) is 11.7. The second kappa shape index (κ2) is 7.93. The lowest BCUT2D eigenvalue weighted by atomic mass is 10.1. The Morgan fingerprint density at radius 1 is 1.24 bits per heavy atom. The van der Waals surface area contributed by atoms with E-state index in [0.717, 1.165) is 6.07 Å². The number of rotatable bonds is 4. The van der Waals surface area contributed by atoms with E-state index in [-0.39, 0.29) is 17.5 Å². The van der Waals surface area contributed by atoms with E-state index in [2.05, 4.69) is 5.32 Å². The van der Waals surface area contributed by atoms with Crippen LogP contribution in [0.15, 0.2) is 36.4 Å². The quantitative estimate of drug-likeness (QED) is 0.690. The Balaban J connectivity index is 2.29. The Bertz CT molecular complexity index is 781. The van der Waals surface area contributed by atoms with Crippen LogP contribution in [-0.2, 0) is 17.5 Å². The SMILES string of the molecule is COC(=S)Nc1cccc(Cl)c1COc1ccc(C)cc1C(F)(F)F. The summed E-state index contributed by atoms with van der Waals surface area (Å²) in [5.74, 6) is -0.265. The van der Waals surface area contributed by atoms with Crippen LogP contribution in [0.5, 0.6) is 5.75 Å². The molecule has 134 valence electrons. The topological polar surface area (TPSA) is 30.5 Å². The number of halogens is 4. The van der Waals surface area contributed by atoms with Gasteiger partial charge in [-0.15, -0.1) is 0 Å². The molecule has 0 aliphatic rings. The fourth-order valence-electron chi connectivity index (χ4n) is 2.12. The molecule has 0 aliphatic carbocycles. The summed E-state index contributed by atoms with van der Waals surface area (Å²) in [6.07, 6.45) is -4.51. The molecule has 2 aromatic carbocycles. The van der Waals surface area contributed by atoms with Crippen molar-refractivity contribution in [2.75, 3.05) is 12.4 Å². The smallest absolute Gasteiger partial charge is 0.419 e. The number of nitrogens with one attached hydrogen (secondary N) is 1. The molecule has 0 saturated carbocycles. The van der Waals surface area contributed by atoms with E-state index in [0.29, 0.717) is 21.8 Å². The first-order valence-electron chi connectivity index (χ1n) is 7.15. The van der Waals surface area contributed by atoms with Gasteiger partial charge in [0.25, 0.3) is 5.17 Å². The van der Waals surface area contributed by atoms with Crippen LogP contribution in [0, 0.1) is 6.92 Å². The Morgan fingerprint density at radius 3 is 2.60 bits per heavy atom. The molecule has 0 radical (unpaired) electrons. The molecule has 0 fully saturated rings. The largest absolute Gasteiger partial charge is 0.488 e. The first kappa shape index (κ1) is 19.3. The van der Waals surface area contributed by atoms with Gasteiger partial charge in [-0.1, -0.05) is 29.3 Å². The highest BCUT2D eigenvalue weighted by Crippen LogP contribution is 2.37. The van der Waals surface area contributed by atoms with Gasteiger partial charge in [-0.25, -0.2) is 0 Å². The minimum atomic E-state index is -4.51. The number of hydrogen-bond donors (Lipinski definition) is 1. The van der Waals surface area contributed by atoms with Crippen LogP contribution < -0.4 is 10.1 Å². The lowest BCUT2D eigenvalue weighted by Crippen LogP contribution is -2.14. The molecule has 0 bridgehead atoms. The number of anilines is 1. The Labute approximate surface area is 153 Å². The third-order valence-corrected chi connectivity index (χ3v) is 3.98. The summed E-state index contributed by atoms with van der Waals surface area (Å²) in [4.78, 5) is 0. The van der Waals surface area contributed by atoms with Crippen LogP contribution in [0.2, 0.25) is 5.02 Å². The Morgan fingerprint density at radius 2 is 1.96 bits per heavy atom. The van der Waals surface area contributed by atoms with E-state index < -0.39 is 11.7 Å². The van der Waals surface area contributed by atoms with Crippen molar-refractivity contribution in [3.8, 4) is 5.75 Å². The van der Waals surface area contributed by atoms with Crippen LogP contribution in [0.4, 0.5) is 18.9 Å². The molecule has 0 aromatic heterocycles. The van der Waals surface area contributed by atoms with Crippen molar-refractivity contribution >= 4 is 34.7 Å². The van der Waals surface area contributed by atoms with Gasteiger partial charge in [0, 0.05) is 16.3 Å². The molecule has 8 heteroatoms. The monoisotopic (exact) mass is 389 g/mol. The summed E-state index contributed by atoms with van der Waals surface area (Å²) in [6.45, 7) is 1.42. The number of hydrogen-bond acceptors (Lipinski definition) is 3. The maximum absolute atomic E-state index is 13.2. The third-order valence-electron chi connectivity index (χ3n) is 3.35. The molecular weight excluding hydrogens is 375 g/mol. The van der Waals surface area contributed by atoms with Crippen molar-refractivity contribution in [3.05, 3.63) is 58.1 Å². The lowest BCUT2D eigenvalue weighted by molar-refractivity contribution is -0.139. The minimum absolute atomic E-state index is 0.106. The molecule has 0 heterocycles. The predicted octanol–water partition coefficient (Wildman–Crippen LogP) is 5.59. The van der Waals surface area contributed by atoms with E-state index >= 15 is 0 Å². The van der Waals surface area contributed by atoms with Crippen LogP contribution in [0.1, 0.15) is 16.7 Å². The van der Waals surface area contributed by atoms with Crippen molar-refractivity contribution in [2.45, 2.75) is 19.7 Å². The molecule has 25 heavy (non-hydrogen) atoms. The summed E-state index contributed by atoms with van der Waals surface area (Å²) in [5.41, 5.74) is 0.629. The summed E-state index contributed by atoms with van der Waals surface area (Å²) >= 11 is 11.1. The molecule has 0 aliphatic heterocycles. The van der Waals surface area contributed by atoms with Gasteiger partial charge in [0.2, 0.25) is 0 Å². The molecule has 1 N–H and O–H groups in total. The highest BCUT2D eigenvalue weighted by Gasteiger charge is 2.34. The van der Waals surface area contributed by atoms with Gasteiger partial charge in [-0.3, -0.25) is 0 Å². The minimum Gasteiger partial charge on any atom is -0.488 e. The molecule has 0 saturated heterocycles. The average molecular weight is 390 g/mol. The van der Waals surface area contributed by atoms with E-state index in [1.807, 2.05) is 0 Å². The van der Waals surface area contributed by atoms with E-state index in [4.69, 9.17) is 33.3 Å². The van der Waals surface area contributed by atoms with Crippen LogP contribution in [0.3, 0.4) is 0 Å². The number of benzene rings is 2. The van der Waals surface area contributed by atoms with Gasteiger partial charge < -0.3 is 14.8 Å². The van der Waals surface area contributed by atoms with Crippen molar-refractivity contribution < 1.29 is 22.6 Å². The van der Waals surface area contributed by atoms with Crippen molar-refractivity contribution in [1.82, 2.24) is 0 Å². The average Bonchev–Trinajstić information content (AvgIpc) is 2.54. The number of alkyl halides is 3. The molecule has 3 nitrogen and oxygen atoms in total. The summed E-state index contributed by atoms with van der Waals surface area (Å²) in [6, 6.07) is 8.86. The summed E-state index contributed by atoms with van der Waals surface area (Å²) in [5, 5.41) is 3.26. The molecule has 2 rings (SSSR count). The Kier molecular flexibility index (Phi) is 6.13. The molecular formula is C17H15ClF3NO2S. The van der Waals surface area contributed by atoms with E-state index in [1.165, 1.54) is 13.2 Å². The number of ether oxygens (including phenoxy) is 2. The maximum Gasteiger partial charge on any atom is 0.419 e. The zero-order chi connectivity index (χ0) is 18.6. The zero-order valence-corrected chi connectivity index (χ0v) is 15.0. The number of methoxy groups -OCH3 is 1. The molecule has 0 unspecified atom stereocenters. The second-order valence-electron chi connectivity index (χ2n) is 5.17. The van der Waals surface area contributed by atoms with Crippen molar-refractivity contribution in [2.24, 2.45) is 0 Å². The third kappa shape index (κ3) is 4.99. The van der Waals surface area contributed by atoms with E-state index in [9.17, 15) is 13.2 Å². The van der Waals surface area contributed by atoms with Crippen molar-refractivity contribution in [3.63, 3.8) is 0 Å². The summed E-state index contributed by atoms with van der Waals surface area (Å²) in [7, 11) is 1.40. The van der Waals surface area contributed by atoms with Crippen molar-refractivity contribution in [1.29, 1.82) is 0 Å². The van der Waals surface area contributed by atoms with Crippen LogP contribution in [-0.4, -0.2) is 12.3 Å². The molecule has 2 aromatic rings. The Hall–Kier alpha value is -1.99. The second-order valence-corrected chi connectivity index (χ2v) is 5.95. The van der Waals surface area contributed by atoms with Gasteiger partial charge in [-0.2, -0.15) is 13.2 Å². The fourth-order valence-corrected chi connectivity index (χ4v) is 2.46. The lowest BCUT2D eigenvalue weighted by Gasteiger charge is -2.17. The maximum atomic E-state index is 13.2. The van der Waals surface area contributed by atoms with E-state index in [1.54, 1.807) is 31.2 Å². The normalized spacial score (nSPS) is 11.1. The zero-order valence-electron chi connectivity index (χ0n) is 13.4. The van der Waals surface area contributed by atoms with Crippen LogP contribution in [0.25, 0.3) is 0 Å². The predicted molar refractivity (Wildman–Crippen MR) is 95.2 cm³/mol. The highest BCUT2D eigenvalue weighted by molar-refractivity contribution is 7.80. The van der Waals surface area contributed by atoms with Gasteiger partial charge >= 0.3 is 6.18 Å². The number of thiocarbonyl (C=S) groups is 1. The van der Waals surface area contributed by atoms with Gasteiger partial charge in [-0.05, 0) is 43.4 Å². The summed E-state index contributed by atoms with van der Waals surface area (Å²) < 4.78 is 49.8. The van der Waals surface area contributed by atoms with Crippen LogP contribution >= 0.6 is 23.8 Å². The first-order valence-corrected chi connectivity index (χ1v) is 7.94. The fraction of sp³-hybridized carbons (Fsp3) is 0.235. The highest BCUT2D eigenvalue weighted by atomic mass is 35.5. The van der Waals surface area contributed by atoms with Gasteiger partial charge in [0.1, 0.15) is 12.4 Å². The van der Waals surface area contributed by atoms with Gasteiger partial charge in [0.05, 0.1) is 12.7 Å².